The highest BCUT2D eigenvalue weighted by Gasteiger charge is 2.21. The van der Waals surface area contributed by atoms with Crippen molar-refractivity contribution in [3.8, 4) is 0 Å². The van der Waals surface area contributed by atoms with Crippen LogP contribution in [-0.4, -0.2) is 16.1 Å². The third-order valence-electron chi connectivity index (χ3n) is 3.93. The number of fused-ring (bicyclic) bond motifs is 1. The highest BCUT2D eigenvalue weighted by Crippen LogP contribution is 2.34. The number of nitrogens with one attached hydrogen (secondary N) is 1. The van der Waals surface area contributed by atoms with Crippen LogP contribution in [-0.2, 0) is 13.0 Å². The van der Waals surface area contributed by atoms with Crippen LogP contribution in [0.5, 0.6) is 0 Å². The van der Waals surface area contributed by atoms with Crippen LogP contribution >= 0.6 is 0 Å². The Morgan fingerprint density at radius 2 is 2.37 bits per heavy atom. The standard InChI is InChI=1S/C16H21N3/c1-2-3-13-4-5-16-15(10-13)14(11-18-16)6-8-19-9-7-17-12-19/h4-5,7,9-10,12,14,18H,2-3,6,8,11H2,1H3. The minimum absolute atomic E-state index is 0.634. The van der Waals surface area contributed by atoms with E-state index in [0.717, 1.165) is 13.1 Å². The van der Waals surface area contributed by atoms with Gasteiger partial charge in [-0.15, -0.1) is 0 Å². The first-order valence-corrected chi connectivity index (χ1v) is 7.19. The zero-order chi connectivity index (χ0) is 13.1. The summed E-state index contributed by atoms with van der Waals surface area (Å²) in [6, 6.07) is 6.91. The lowest BCUT2D eigenvalue weighted by atomic mass is 9.95. The molecule has 1 aliphatic heterocycles. The third kappa shape index (κ3) is 2.65. The van der Waals surface area contributed by atoms with Crippen molar-refractivity contribution in [1.82, 2.24) is 9.55 Å². The van der Waals surface area contributed by atoms with Gasteiger partial charge in [0.1, 0.15) is 0 Å². The van der Waals surface area contributed by atoms with Crippen LogP contribution in [0.1, 0.15) is 36.8 Å². The molecule has 2 aromatic rings. The third-order valence-corrected chi connectivity index (χ3v) is 3.93. The molecule has 0 aliphatic carbocycles. The normalized spacial score (nSPS) is 17.2. The largest absolute Gasteiger partial charge is 0.384 e. The van der Waals surface area contributed by atoms with E-state index in [4.69, 9.17) is 0 Å². The number of benzene rings is 1. The molecule has 0 radical (unpaired) electrons. The molecule has 19 heavy (non-hydrogen) atoms. The molecule has 1 unspecified atom stereocenters. The smallest absolute Gasteiger partial charge is 0.0945 e. The first-order valence-electron chi connectivity index (χ1n) is 7.19. The molecule has 1 N–H and O–H groups in total. The maximum Gasteiger partial charge on any atom is 0.0945 e. The van der Waals surface area contributed by atoms with Crippen LogP contribution in [0.3, 0.4) is 0 Å². The predicted molar refractivity (Wildman–Crippen MR) is 78.5 cm³/mol. The second-order valence-electron chi connectivity index (χ2n) is 5.34. The van der Waals surface area contributed by atoms with Crippen LogP contribution in [0.25, 0.3) is 0 Å². The Bertz CT molecular complexity index is 531. The lowest BCUT2D eigenvalue weighted by molar-refractivity contribution is 0.574. The molecule has 0 saturated heterocycles. The molecule has 3 nitrogen and oxygen atoms in total. The van der Waals surface area contributed by atoms with Crippen molar-refractivity contribution in [1.29, 1.82) is 0 Å². The SMILES string of the molecule is CCCc1ccc2c(c1)C(CCn1ccnc1)CN2. The van der Waals surface area contributed by atoms with Gasteiger partial charge in [0.25, 0.3) is 0 Å². The Morgan fingerprint density at radius 1 is 1.42 bits per heavy atom. The van der Waals surface area contributed by atoms with Gasteiger partial charge in [-0.05, 0) is 30.0 Å². The molecule has 1 atom stereocenters. The molecule has 3 heteroatoms. The lowest BCUT2D eigenvalue weighted by Gasteiger charge is -2.11. The minimum atomic E-state index is 0.634. The van der Waals surface area contributed by atoms with Crippen molar-refractivity contribution in [3.63, 3.8) is 0 Å². The maximum atomic E-state index is 4.10. The first-order chi connectivity index (χ1) is 9.36. The van der Waals surface area contributed by atoms with Crippen LogP contribution in [0, 0.1) is 0 Å². The number of aromatic nitrogens is 2. The van der Waals surface area contributed by atoms with Crippen LogP contribution in [0.2, 0.25) is 0 Å². The average Bonchev–Trinajstić information content (AvgIpc) is 3.05. The summed E-state index contributed by atoms with van der Waals surface area (Å²) in [5, 5.41) is 3.52. The number of nitrogens with zero attached hydrogens (tertiary/aromatic N) is 2. The van der Waals surface area contributed by atoms with E-state index >= 15 is 0 Å². The van der Waals surface area contributed by atoms with Crippen molar-refractivity contribution in [3.05, 3.63) is 48.0 Å². The molecule has 1 aliphatic rings. The molecular formula is C16H21N3. The van der Waals surface area contributed by atoms with E-state index in [1.807, 2.05) is 18.7 Å². The van der Waals surface area contributed by atoms with Crippen LogP contribution in [0.4, 0.5) is 5.69 Å². The summed E-state index contributed by atoms with van der Waals surface area (Å²) in [7, 11) is 0. The van der Waals surface area contributed by atoms with Gasteiger partial charge in [-0.1, -0.05) is 25.5 Å². The van der Waals surface area contributed by atoms with Crippen molar-refractivity contribution in [2.75, 3.05) is 11.9 Å². The number of aryl methyl sites for hydroxylation is 2. The van der Waals surface area contributed by atoms with E-state index in [-0.39, 0.29) is 0 Å². The van der Waals surface area contributed by atoms with Gasteiger partial charge in [-0.25, -0.2) is 4.98 Å². The monoisotopic (exact) mass is 255 g/mol. The van der Waals surface area contributed by atoms with Crippen LogP contribution < -0.4 is 5.32 Å². The molecule has 1 aromatic heterocycles. The van der Waals surface area contributed by atoms with Gasteiger partial charge in [0.15, 0.2) is 0 Å². The van der Waals surface area contributed by atoms with Crippen molar-refractivity contribution in [2.45, 2.75) is 38.6 Å². The minimum Gasteiger partial charge on any atom is -0.384 e. The highest BCUT2D eigenvalue weighted by molar-refractivity contribution is 5.58. The molecule has 1 aromatic carbocycles. The summed E-state index contributed by atoms with van der Waals surface area (Å²) in [4.78, 5) is 4.10. The second-order valence-corrected chi connectivity index (χ2v) is 5.34. The quantitative estimate of drug-likeness (QED) is 0.887. The van der Waals surface area contributed by atoms with Gasteiger partial charge in [0.2, 0.25) is 0 Å². The molecule has 100 valence electrons. The summed E-state index contributed by atoms with van der Waals surface area (Å²) in [5.41, 5.74) is 4.30. The summed E-state index contributed by atoms with van der Waals surface area (Å²) < 4.78 is 2.16. The number of hydrogen-bond acceptors (Lipinski definition) is 2. The molecule has 0 spiro atoms. The van der Waals surface area contributed by atoms with E-state index < -0.39 is 0 Å². The summed E-state index contributed by atoms with van der Waals surface area (Å²) in [5.74, 6) is 0.634. The second kappa shape index (κ2) is 5.47. The first kappa shape index (κ1) is 12.3. The van der Waals surface area contributed by atoms with Gasteiger partial charge in [0, 0.05) is 37.1 Å². The van der Waals surface area contributed by atoms with Gasteiger partial charge in [0.05, 0.1) is 6.33 Å². The van der Waals surface area contributed by atoms with Gasteiger partial charge in [-0.3, -0.25) is 0 Å². The van der Waals surface area contributed by atoms with E-state index in [2.05, 4.69) is 40.0 Å². The number of rotatable bonds is 5. The molecule has 0 fully saturated rings. The topological polar surface area (TPSA) is 29.9 Å². The molecule has 0 amide bonds. The van der Waals surface area contributed by atoms with Crippen molar-refractivity contribution >= 4 is 5.69 Å². The van der Waals surface area contributed by atoms with E-state index in [1.165, 1.54) is 36.1 Å². The number of imidazole rings is 1. The molecule has 0 bridgehead atoms. The van der Waals surface area contributed by atoms with Gasteiger partial charge in [-0.2, -0.15) is 0 Å². The zero-order valence-corrected chi connectivity index (χ0v) is 11.5. The zero-order valence-electron chi connectivity index (χ0n) is 11.5. The Labute approximate surface area is 114 Å². The molecule has 2 heterocycles. The predicted octanol–water partition coefficient (Wildman–Crippen LogP) is 3.44. The Morgan fingerprint density at radius 3 is 3.16 bits per heavy atom. The Kier molecular flexibility index (Phi) is 3.53. The van der Waals surface area contributed by atoms with Gasteiger partial charge >= 0.3 is 0 Å². The van der Waals surface area contributed by atoms with E-state index in [0.29, 0.717) is 5.92 Å². The highest BCUT2D eigenvalue weighted by atomic mass is 15.0. The summed E-state index contributed by atoms with van der Waals surface area (Å²) in [6.07, 6.45) is 9.35. The molecular weight excluding hydrogens is 234 g/mol. The number of anilines is 1. The van der Waals surface area contributed by atoms with E-state index in [9.17, 15) is 0 Å². The lowest BCUT2D eigenvalue weighted by Crippen LogP contribution is -2.06. The van der Waals surface area contributed by atoms with Crippen molar-refractivity contribution in [2.24, 2.45) is 0 Å². The number of hydrogen-bond donors (Lipinski definition) is 1. The fraction of sp³-hybridized carbons (Fsp3) is 0.438. The molecule has 0 saturated carbocycles. The fourth-order valence-electron chi connectivity index (χ4n) is 2.88. The van der Waals surface area contributed by atoms with Gasteiger partial charge < -0.3 is 9.88 Å². The Balaban J connectivity index is 1.71. The Hall–Kier alpha value is -1.77. The summed E-state index contributed by atoms with van der Waals surface area (Å²) in [6.45, 7) is 4.35. The summed E-state index contributed by atoms with van der Waals surface area (Å²) >= 11 is 0. The fourth-order valence-corrected chi connectivity index (χ4v) is 2.88. The van der Waals surface area contributed by atoms with Crippen molar-refractivity contribution < 1.29 is 0 Å². The maximum absolute atomic E-state index is 4.10. The molecule has 3 rings (SSSR count). The van der Waals surface area contributed by atoms with Crippen LogP contribution in [0.15, 0.2) is 36.9 Å². The van der Waals surface area contributed by atoms with E-state index in [1.54, 1.807) is 0 Å². The average molecular weight is 255 g/mol.